The Morgan fingerprint density at radius 2 is 1.75 bits per heavy atom. The molecule has 130 valence electrons. The third-order valence-electron chi connectivity index (χ3n) is 5.19. The summed E-state index contributed by atoms with van der Waals surface area (Å²) in [5.41, 5.74) is 0.937. The summed E-state index contributed by atoms with van der Waals surface area (Å²) in [6.07, 6.45) is 5.20. The highest BCUT2D eigenvalue weighted by atomic mass is 16.6. The summed E-state index contributed by atoms with van der Waals surface area (Å²) < 4.78 is 0. The van der Waals surface area contributed by atoms with Gasteiger partial charge in [0.05, 0.1) is 4.92 Å². The predicted molar refractivity (Wildman–Crippen MR) is 91.5 cm³/mol. The lowest BCUT2D eigenvalue weighted by atomic mass is 9.94. The van der Waals surface area contributed by atoms with Crippen LogP contribution in [0.4, 0.5) is 5.69 Å². The molecule has 3 rings (SSSR count). The van der Waals surface area contributed by atoms with Gasteiger partial charge < -0.3 is 4.90 Å². The van der Waals surface area contributed by atoms with Crippen molar-refractivity contribution in [1.29, 1.82) is 0 Å². The molecule has 0 bridgehead atoms. The van der Waals surface area contributed by atoms with Crippen molar-refractivity contribution in [1.82, 2.24) is 9.80 Å². The molecular formula is C18H25N3O3. The van der Waals surface area contributed by atoms with E-state index in [1.165, 1.54) is 6.42 Å². The Morgan fingerprint density at radius 1 is 1.08 bits per heavy atom. The summed E-state index contributed by atoms with van der Waals surface area (Å²) in [4.78, 5) is 27.6. The van der Waals surface area contributed by atoms with Gasteiger partial charge in [0, 0.05) is 37.2 Å². The molecule has 0 spiro atoms. The molecule has 0 unspecified atom stereocenters. The van der Waals surface area contributed by atoms with E-state index in [0.717, 1.165) is 57.4 Å². The van der Waals surface area contributed by atoms with Crippen LogP contribution in [0.25, 0.3) is 0 Å². The molecule has 2 saturated heterocycles. The number of rotatable bonds is 4. The van der Waals surface area contributed by atoms with E-state index in [1.54, 1.807) is 12.1 Å². The second-order valence-electron chi connectivity index (χ2n) is 6.82. The largest absolute Gasteiger partial charge is 0.342 e. The zero-order valence-electron chi connectivity index (χ0n) is 14.0. The van der Waals surface area contributed by atoms with Gasteiger partial charge in [0.25, 0.3) is 5.69 Å². The molecule has 2 heterocycles. The van der Waals surface area contributed by atoms with Crippen molar-refractivity contribution in [2.75, 3.05) is 26.2 Å². The number of hydrogen-bond donors (Lipinski definition) is 0. The van der Waals surface area contributed by atoms with Gasteiger partial charge in [-0.1, -0.05) is 18.2 Å². The van der Waals surface area contributed by atoms with Crippen LogP contribution in [0.5, 0.6) is 0 Å². The fraction of sp³-hybridized carbons (Fsp3) is 0.611. The molecule has 1 amide bonds. The number of carbonyl (C=O) groups excluding carboxylic acids is 1. The van der Waals surface area contributed by atoms with Crippen molar-refractivity contribution in [2.45, 2.75) is 38.6 Å². The van der Waals surface area contributed by atoms with Crippen LogP contribution in [0, 0.1) is 16.0 Å². The molecule has 0 saturated carbocycles. The Bertz CT molecular complexity index is 591. The first-order chi connectivity index (χ1) is 11.6. The minimum atomic E-state index is -0.317. The fourth-order valence-corrected chi connectivity index (χ4v) is 3.77. The Hall–Kier alpha value is -1.95. The van der Waals surface area contributed by atoms with Crippen LogP contribution < -0.4 is 0 Å². The van der Waals surface area contributed by atoms with E-state index in [-0.39, 0.29) is 16.5 Å². The zero-order valence-corrected chi connectivity index (χ0v) is 14.0. The third-order valence-corrected chi connectivity index (χ3v) is 5.19. The zero-order chi connectivity index (χ0) is 16.9. The molecule has 2 fully saturated rings. The lowest BCUT2D eigenvalue weighted by Crippen LogP contribution is -2.44. The Morgan fingerprint density at radius 3 is 2.42 bits per heavy atom. The molecule has 0 N–H and O–H groups in total. The number of piperidine rings is 2. The van der Waals surface area contributed by atoms with Gasteiger partial charge in [0.1, 0.15) is 0 Å². The number of nitro groups is 1. The number of carbonyl (C=O) groups is 1. The van der Waals surface area contributed by atoms with Crippen molar-refractivity contribution in [3.63, 3.8) is 0 Å². The second-order valence-corrected chi connectivity index (χ2v) is 6.82. The number of nitro benzene ring substituents is 1. The maximum Gasteiger partial charge on any atom is 0.273 e. The highest BCUT2D eigenvalue weighted by molar-refractivity contribution is 5.79. The van der Waals surface area contributed by atoms with Gasteiger partial charge in [-0.05, 0) is 45.2 Å². The lowest BCUT2D eigenvalue weighted by Gasteiger charge is -2.35. The number of nitrogens with zero attached hydrogens (tertiary/aromatic N) is 3. The summed E-state index contributed by atoms with van der Waals surface area (Å²) in [6, 6.07) is 6.92. The van der Waals surface area contributed by atoms with Gasteiger partial charge in [-0.15, -0.1) is 0 Å². The van der Waals surface area contributed by atoms with Crippen LogP contribution in [0.2, 0.25) is 0 Å². The average Bonchev–Trinajstić information content (AvgIpc) is 2.63. The van der Waals surface area contributed by atoms with Crippen LogP contribution in [0.3, 0.4) is 0 Å². The molecule has 0 aliphatic carbocycles. The molecule has 6 nitrogen and oxygen atoms in total. The van der Waals surface area contributed by atoms with E-state index in [9.17, 15) is 14.9 Å². The Labute approximate surface area is 142 Å². The van der Waals surface area contributed by atoms with Crippen molar-refractivity contribution in [3.8, 4) is 0 Å². The highest BCUT2D eigenvalue weighted by Crippen LogP contribution is 2.25. The van der Waals surface area contributed by atoms with Crippen molar-refractivity contribution in [3.05, 3.63) is 39.9 Å². The topological polar surface area (TPSA) is 66.7 Å². The third kappa shape index (κ3) is 3.93. The summed E-state index contributed by atoms with van der Waals surface area (Å²) in [5, 5.41) is 11.1. The maximum absolute atomic E-state index is 12.6. The summed E-state index contributed by atoms with van der Waals surface area (Å²) in [5.74, 6) is 0.449. The Kier molecular flexibility index (Phi) is 5.45. The minimum Gasteiger partial charge on any atom is -0.342 e. The van der Waals surface area contributed by atoms with Crippen LogP contribution in [0.15, 0.2) is 24.3 Å². The van der Waals surface area contributed by atoms with Crippen LogP contribution >= 0.6 is 0 Å². The number of likely N-dealkylation sites (tertiary alicyclic amines) is 2. The first-order valence-corrected chi connectivity index (χ1v) is 8.88. The molecule has 24 heavy (non-hydrogen) atoms. The molecule has 0 radical (unpaired) electrons. The maximum atomic E-state index is 12.6. The number of benzene rings is 1. The van der Waals surface area contributed by atoms with Crippen molar-refractivity contribution < 1.29 is 9.72 Å². The van der Waals surface area contributed by atoms with Gasteiger partial charge in [-0.2, -0.15) is 0 Å². The van der Waals surface area contributed by atoms with Crippen molar-refractivity contribution >= 4 is 11.6 Å². The predicted octanol–water partition coefficient (Wildman–Crippen LogP) is 2.82. The van der Waals surface area contributed by atoms with Crippen LogP contribution in [-0.4, -0.2) is 46.8 Å². The lowest BCUT2D eigenvalue weighted by molar-refractivity contribution is -0.385. The first kappa shape index (κ1) is 16.9. The monoisotopic (exact) mass is 331 g/mol. The van der Waals surface area contributed by atoms with E-state index >= 15 is 0 Å². The summed E-state index contributed by atoms with van der Waals surface area (Å²) >= 11 is 0. The van der Waals surface area contributed by atoms with Crippen LogP contribution in [-0.2, 0) is 11.3 Å². The number of hydrogen-bond acceptors (Lipinski definition) is 4. The summed E-state index contributed by atoms with van der Waals surface area (Å²) in [6.45, 7) is 4.07. The standard InChI is InChI=1S/C18H25N3O3/c22-18(20-10-4-1-5-11-20)15-8-12-19(13-9-15)14-16-6-2-3-7-17(16)21(23)24/h2-3,6-7,15H,1,4-5,8-14H2. The van der Waals surface area contributed by atoms with Gasteiger partial charge in [0.15, 0.2) is 0 Å². The van der Waals surface area contributed by atoms with Crippen LogP contribution in [0.1, 0.15) is 37.7 Å². The van der Waals surface area contributed by atoms with E-state index < -0.39 is 0 Å². The Balaban J connectivity index is 1.54. The van der Waals surface area contributed by atoms with Gasteiger partial charge >= 0.3 is 0 Å². The van der Waals surface area contributed by atoms with Gasteiger partial charge in [0.2, 0.25) is 5.91 Å². The second kappa shape index (κ2) is 7.75. The molecule has 2 aliphatic heterocycles. The first-order valence-electron chi connectivity index (χ1n) is 8.88. The van der Waals surface area contributed by atoms with Gasteiger partial charge in [-0.3, -0.25) is 19.8 Å². The minimum absolute atomic E-state index is 0.130. The molecular weight excluding hydrogens is 306 g/mol. The van der Waals surface area contributed by atoms with E-state index in [0.29, 0.717) is 12.5 Å². The van der Waals surface area contributed by atoms with E-state index in [2.05, 4.69) is 4.90 Å². The molecule has 6 heteroatoms. The highest BCUT2D eigenvalue weighted by Gasteiger charge is 2.29. The number of para-hydroxylation sites is 1. The molecule has 1 aromatic rings. The van der Waals surface area contributed by atoms with Crippen molar-refractivity contribution in [2.24, 2.45) is 5.92 Å². The normalized spacial score (nSPS) is 20.1. The molecule has 2 aliphatic rings. The SMILES string of the molecule is O=C(C1CCN(Cc2ccccc2[N+](=O)[O-])CC1)N1CCCCC1. The molecule has 0 atom stereocenters. The summed E-state index contributed by atoms with van der Waals surface area (Å²) in [7, 11) is 0. The van der Waals surface area contributed by atoms with Gasteiger partial charge in [-0.25, -0.2) is 0 Å². The molecule has 0 aromatic heterocycles. The average molecular weight is 331 g/mol. The smallest absolute Gasteiger partial charge is 0.273 e. The quantitative estimate of drug-likeness (QED) is 0.628. The fourth-order valence-electron chi connectivity index (χ4n) is 3.77. The van der Waals surface area contributed by atoms with E-state index in [4.69, 9.17) is 0 Å². The van der Waals surface area contributed by atoms with E-state index in [1.807, 2.05) is 17.0 Å². The number of amides is 1. The molecule has 1 aromatic carbocycles.